The number of nitrogens with zero attached hydrogens (tertiary/aromatic N) is 2. The van der Waals surface area contributed by atoms with Crippen molar-refractivity contribution < 1.29 is 13.2 Å². The van der Waals surface area contributed by atoms with Crippen LogP contribution in [0.3, 0.4) is 0 Å². The van der Waals surface area contributed by atoms with Gasteiger partial charge in [-0.25, -0.2) is 17.7 Å². The number of halogens is 1. The fourth-order valence-electron chi connectivity index (χ4n) is 2.21. The lowest BCUT2D eigenvalue weighted by molar-refractivity contribution is -0.114. The molecule has 3 rings (SSSR count). The third-order valence-electron chi connectivity index (χ3n) is 3.36. The molecule has 0 saturated heterocycles. The van der Waals surface area contributed by atoms with E-state index in [0.717, 1.165) is 20.1 Å². The van der Waals surface area contributed by atoms with E-state index in [1.54, 1.807) is 41.8 Å². The van der Waals surface area contributed by atoms with Crippen molar-refractivity contribution >= 4 is 54.0 Å². The molecule has 0 aliphatic rings. The molecule has 134 valence electrons. The monoisotopic (exact) mass is 451 g/mol. The summed E-state index contributed by atoms with van der Waals surface area (Å²) in [6.45, 7) is -0.378. The first-order chi connectivity index (χ1) is 12.5. The summed E-state index contributed by atoms with van der Waals surface area (Å²) in [5.41, 5.74) is 0.570. The van der Waals surface area contributed by atoms with Crippen LogP contribution in [0.4, 0.5) is 10.8 Å². The molecule has 1 amide bonds. The van der Waals surface area contributed by atoms with Crippen LogP contribution in [0.1, 0.15) is 0 Å². The minimum Gasteiger partial charge on any atom is -0.324 e. The van der Waals surface area contributed by atoms with E-state index in [0.29, 0.717) is 5.69 Å². The van der Waals surface area contributed by atoms with Crippen molar-refractivity contribution in [3.8, 4) is 0 Å². The van der Waals surface area contributed by atoms with E-state index in [1.165, 1.54) is 18.3 Å². The summed E-state index contributed by atoms with van der Waals surface area (Å²) in [5.74, 6) is -0.460. The molecular formula is C17H14BrN3O3S2. The summed E-state index contributed by atoms with van der Waals surface area (Å²) in [7, 11) is -3.91. The van der Waals surface area contributed by atoms with Gasteiger partial charge in [-0.2, -0.15) is 0 Å². The van der Waals surface area contributed by atoms with Gasteiger partial charge in [-0.15, -0.1) is 11.3 Å². The van der Waals surface area contributed by atoms with Crippen LogP contribution >= 0.6 is 27.3 Å². The number of aromatic nitrogens is 1. The Balaban J connectivity index is 1.87. The minimum atomic E-state index is -3.91. The van der Waals surface area contributed by atoms with Crippen molar-refractivity contribution in [2.24, 2.45) is 0 Å². The fraction of sp³-hybridized carbons (Fsp3) is 0.0588. The summed E-state index contributed by atoms with van der Waals surface area (Å²) >= 11 is 4.48. The van der Waals surface area contributed by atoms with Gasteiger partial charge in [0, 0.05) is 21.7 Å². The lowest BCUT2D eigenvalue weighted by Crippen LogP contribution is -2.38. The predicted octanol–water partition coefficient (Wildman–Crippen LogP) is 3.74. The molecule has 2 aromatic carbocycles. The van der Waals surface area contributed by atoms with E-state index >= 15 is 0 Å². The number of hydrogen-bond donors (Lipinski definition) is 1. The Kier molecular flexibility index (Phi) is 5.70. The molecule has 0 aliphatic carbocycles. The van der Waals surface area contributed by atoms with Crippen LogP contribution in [0.25, 0.3) is 0 Å². The summed E-state index contributed by atoms with van der Waals surface area (Å²) in [6, 6.07) is 15.0. The van der Waals surface area contributed by atoms with E-state index in [4.69, 9.17) is 0 Å². The second kappa shape index (κ2) is 7.98. The first-order valence-corrected chi connectivity index (χ1v) is 10.6. The summed E-state index contributed by atoms with van der Waals surface area (Å²) in [5, 5.41) is 4.60. The zero-order valence-corrected chi connectivity index (χ0v) is 16.6. The van der Waals surface area contributed by atoms with Crippen LogP contribution in [0.5, 0.6) is 0 Å². The van der Waals surface area contributed by atoms with Crippen LogP contribution in [0, 0.1) is 0 Å². The molecule has 0 spiro atoms. The largest absolute Gasteiger partial charge is 0.324 e. The lowest BCUT2D eigenvalue weighted by Gasteiger charge is -2.21. The quantitative estimate of drug-likeness (QED) is 0.618. The number of benzene rings is 2. The molecule has 0 radical (unpaired) electrons. The molecule has 0 bridgehead atoms. The molecule has 3 aromatic rings. The second-order valence-electron chi connectivity index (χ2n) is 5.20. The second-order valence-corrected chi connectivity index (χ2v) is 8.85. The topological polar surface area (TPSA) is 79.4 Å². The number of hydrogen-bond acceptors (Lipinski definition) is 5. The molecule has 1 heterocycles. The molecular weight excluding hydrogens is 438 g/mol. The molecule has 6 nitrogen and oxygen atoms in total. The van der Waals surface area contributed by atoms with E-state index in [2.05, 4.69) is 26.2 Å². The standard InChI is InChI=1S/C17H14BrN3O3S2/c18-13-5-4-6-14(11-13)20-16(22)12-21(17-19-9-10-25-17)26(23,24)15-7-2-1-3-8-15/h1-11H,12H2,(H,20,22). The highest BCUT2D eigenvalue weighted by Crippen LogP contribution is 2.25. The average Bonchev–Trinajstić information content (AvgIpc) is 3.14. The van der Waals surface area contributed by atoms with Crippen molar-refractivity contribution in [1.82, 2.24) is 4.98 Å². The van der Waals surface area contributed by atoms with Gasteiger partial charge in [0.05, 0.1) is 4.90 Å². The summed E-state index contributed by atoms with van der Waals surface area (Å²) in [4.78, 5) is 16.6. The van der Waals surface area contributed by atoms with Crippen LogP contribution in [-0.2, 0) is 14.8 Å². The molecule has 0 fully saturated rings. The van der Waals surface area contributed by atoms with Gasteiger partial charge in [0.15, 0.2) is 5.13 Å². The minimum absolute atomic E-state index is 0.102. The Labute approximate surface area is 163 Å². The number of nitrogens with one attached hydrogen (secondary N) is 1. The highest BCUT2D eigenvalue weighted by Gasteiger charge is 2.28. The number of sulfonamides is 1. The van der Waals surface area contributed by atoms with Crippen LogP contribution in [-0.4, -0.2) is 25.9 Å². The van der Waals surface area contributed by atoms with Gasteiger partial charge >= 0.3 is 0 Å². The number of anilines is 2. The zero-order valence-electron chi connectivity index (χ0n) is 13.4. The maximum atomic E-state index is 13.0. The van der Waals surface area contributed by atoms with Crippen molar-refractivity contribution in [3.63, 3.8) is 0 Å². The van der Waals surface area contributed by atoms with Gasteiger partial charge < -0.3 is 5.32 Å². The Morgan fingerprint density at radius 2 is 1.92 bits per heavy atom. The average molecular weight is 452 g/mol. The molecule has 26 heavy (non-hydrogen) atoms. The van der Waals surface area contributed by atoms with E-state index < -0.39 is 15.9 Å². The van der Waals surface area contributed by atoms with Crippen molar-refractivity contribution in [2.75, 3.05) is 16.2 Å². The lowest BCUT2D eigenvalue weighted by atomic mass is 10.3. The van der Waals surface area contributed by atoms with Gasteiger partial charge in [0.25, 0.3) is 10.0 Å². The maximum Gasteiger partial charge on any atom is 0.266 e. The Morgan fingerprint density at radius 3 is 2.58 bits per heavy atom. The van der Waals surface area contributed by atoms with Crippen molar-refractivity contribution in [3.05, 3.63) is 70.6 Å². The number of amides is 1. The first-order valence-electron chi connectivity index (χ1n) is 7.49. The van der Waals surface area contributed by atoms with Gasteiger partial charge in [0.2, 0.25) is 5.91 Å². The molecule has 1 N–H and O–H groups in total. The molecule has 0 saturated carbocycles. The molecule has 9 heteroatoms. The molecule has 0 atom stereocenters. The van der Waals surface area contributed by atoms with Gasteiger partial charge in [-0.1, -0.05) is 40.2 Å². The first kappa shape index (κ1) is 18.6. The Morgan fingerprint density at radius 1 is 1.15 bits per heavy atom. The van der Waals surface area contributed by atoms with Gasteiger partial charge in [-0.3, -0.25) is 4.79 Å². The van der Waals surface area contributed by atoms with E-state index in [1.807, 2.05) is 6.07 Å². The van der Waals surface area contributed by atoms with E-state index in [-0.39, 0.29) is 16.6 Å². The fourth-order valence-corrected chi connectivity index (χ4v) is 4.88. The maximum absolute atomic E-state index is 13.0. The van der Waals surface area contributed by atoms with Gasteiger partial charge in [0.1, 0.15) is 6.54 Å². The predicted molar refractivity (Wildman–Crippen MR) is 106 cm³/mol. The van der Waals surface area contributed by atoms with Crippen LogP contribution < -0.4 is 9.62 Å². The third-order valence-corrected chi connectivity index (χ3v) is 6.51. The van der Waals surface area contributed by atoms with Gasteiger partial charge in [-0.05, 0) is 30.3 Å². The zero-order chi connectivity index (χ0) is 18.6. The number of carbonyl (C=O) groups is 1. The summed E-state index contributed by atoms with van der Waals surface area (Å²) < 4.78 is 27.8. The van der Waals surface area contributed by atoms with Crippen molar-refractivity contribution in [1.29, 1.82) is 0 Å². The highest BCUT2D eigenvalue weighted by atomic mass is 79.9. The molecule has 0 unspecified atom stereocenters. The van der Waals surface area contributed by atoms with Crippen LogP contribution in [0.2, 0.25) is 0 Å². The number of rotatable bonds is 6. The number of carbonyl (C=O) groups excluding carboxylic acids is 1. The summed E-state index contributed by atoms with van der Waals surface area (Å²) in [6.07, 6.45) is 1.50. The molecule has 1 aromatic heterocycles. The third kappa shape index (κ3) is 4.29. The van der Waals surface area contributed by atoms with Crippen molar-refractivity contribution in [2.45, 2.75) is 4.90 Å². The Hall–Kier alpha value is -2.23. The molecule has 0 aliphatic heterocycles. The van der Waals surface area contributed by atoms with E-state index in [9.17, 15) is 13.2 Å². The highest BCUT2D eigenvalue weighted by molar-refractivity contribution is 9.10. The SMILES string of the molecule is O=C(CN(c1nccs1)S(=O)(=O)c1ccccc1)Nc1cccc(Br)c1. The normalized spacial score (nSPS) is 11.1. The van der Waals surface area contributed by atoms with Crippen LogP contribution in [0.15, 0.2) is 75.5 Å². The smallest absolute Gasteiger partial charge is 0.266 e. The number of thiazole rings is 1. The Bertz CT molecular complexity index is 993.